The van der Waals surface area contributed by atoms with Crippen molar-refractivity contribution < 1.29 is 4.74 Å². The molecule has 2 rings (SSSR count). The summed E-state index contributed by atoms with van der Waals surface area (Å²) in [5.41, 5.74) is 7.99. The Labute approximate surface area is 78.7 Å². The minimum absolute atomic E-state index is 0.326. The van der Waals surface area contributed by atoms with Crippen molar-refractivity contribution in [1.29, 1.82) is 0 Å². The van der Waals surface area contributed by atoms with Crippen LogP contribution >= 0.6 is 0 Å². The maximum Gasteiger partial charge on any atom is 0.0825 e. The van der Waals surface area contributed by atoms with Crippen molar-refractivity contribution in [1.82, 2.24) is 0 Å². The summed E-state index contributed by atoms with van der Waals surface area (Å²) in [4.78, 5) is 0. The van der Waals surface area contributed by atoms with Gasteiger partial charge in [0.15, 0.2) is 0 Å². The van der Waals surface area contributed by atoms with E-state index < -0.39 is 0 Å². The van der Waals surface area contributed by atoms with Crippen LogP contribution in [-0.4, -0.2) is 6.61 Å². The molecule has 0 bridgehead atoms. The monoisotopic (exact) mass is 177 g/mol. The highest BCUT2D eigenvalue weighted by Gasteiger charge is 2.16. The van der Waals surface area contributed by atoms with Crippen molar-refractivity contribution in [2.75, 3.05) is 6.61 Å². The van der Waals surface area contributed by atoms with Gasteiger partial charge in [0.2, 0.25) is 0 Å². The van der Waals surface area contributed by atoms with E-state index >= 15 is 0 Å². The van der Waals surface area contributed by atoms with E-state index in [2.05, 4.69) is 24.3 Å². The van der Waals surface area contributed by atoms with Crippen LogP contribution in [0.5, 0.6) is 0 Å². The van der Waals surface area contributed by atoms with E-state index in [1.54, 1.807) is 0 Å². The van der Waals surface area contributed by atoms with Crippen LogP contribution in [0.4, 0.5) is 0 Å². The first-order valence-electron chi connectivity index (χ1n) is 4.80. The van der Waals surface area contributed by atoms with Crippen molar-refractivity contribution in [2.45, 2.75) is 25.5 Å². The molecule has 70 valence electrons. The van der Waals surface area contributed by atoms with E-state index in [1.807, 2.05) is 0 Å². The smallest absolute Gasteiger partial charge is 0.0825 e. The molecule has 1 atom stereocenters. The van der Waals surface area contributed by atoms with E-state index in [1.165, 1.54) is 17.5 Å². The van der Waals surface area contributed by atoms with Crippen LogP contribution in [0.15, 0.2) is 24.3 Å². The lowest BCUT2D eigenvalue weighted by Gasteiger charge is -2.09. The summed E-state index contributed by atoms with van der Waals surface area (Å²) in [5.74, 6) is 0. The minimum atomic E-state index is 0.326. The number of hydrogen-bond acceptors (Lipinski definition) is 2. The van der Waals surface area contributed by atoms with Crippen molar-refractivity contribution in [2.24, 2.45) is 5.73 Å². The average Bonchev–Trinajstić information content (AvgIpc) is 2.71. The molecule has 2 nitrogen and oxygen atoms in total. The lowest BCUT2D eigenvalue weighted by molar-refractivity contribution is 0.112. The molecule has 0 aliphatic carbocycles. The van der Waals surface area contributed by atoms with Crippen LogP contribution in [0.1, 0.15) is 30.1 Å². The van der Waals surface area contributed by atoms with Gasteiger partial charge in [-0.3, -0.25) is 0 Å². The summed E-state index contributed by atoms with van der Waals surface area (Å²) < 4.78 is 5.58. The highest BCUT2D eigenvalue weighted by Crippen LogP contribution is 2.28. The summed E-state index contributed by atoms with van der Waals surface area (Å²) >= 11 is 0. The van der Waals surface area contributed by atoms with E-state index in [0.29, 0.717) is 12.6 Å². The van der Waals surface area contributed by atoms with Crippen molar-refractivity contribution in [3.8, 4) is 0 Å². The molecule has 1 fully saturated rings. The highest BCUT2D eigenvalue weighted by molar-refractivity contribution is 5.24. The first-order chi connectivity index (χ1) is 6.40. The number of rotatable bonds is 2. The first-order valence-corrected chi connectivity index (χ1v) is 4.80. The Morgan fingerprint density at radius 1 is 1.31 bits per heavy atom. The molecule has 0 amide bonds. The van der Waals surface area contributed by atoms with Gasteiger partial charge in [0.05, 0.1) is 6.10 Å². The Kier molecular flexibility index (Phi) is 2.62. The zero-order valence-corrected chi connectivity index (χ0v) is 7.70. The third-order valence-electron chi connectivity index (χ3n) is 2.52. The van der Waals surface area contributed by atoms with Crippen LogP contribution in [0.2, 0.25) is 0 Å². The molecule has 0 spiro atoms. The van der Waals surface area contributed by atoms with Gasteiger partial charge in [-0.05, 0) is 24.0 Å². The molecule has 1 aromatic carbocycles. The van der Waals surface area contributed by atoms with E-state index in [9.17, 15) is 0 Å². The zero-order chi connectivity index (χ0) is 9.10. The van der Waals surface area contributed by atoms with Gasteiger partial charge in [0.25, 0.3) is 0 Å². The largest absolute Gasteiger partial charge is 0.374 e. The Morgan fingerprint density at radius 2 is 2.08 bits per heavy atom. The second-order valence-corrected chi connectivity index (χ2v) is 3.45. The molecule has 0 aromatic heterocycles. The summed E-state index contributed by atoms with van der Waals surface area (Å²) in [5, 5.41) is 0. The molecule has 1 aliphatic heterocycles. The first kappa shape index (κ1) is 8.73. The van der Waals surface area contributed by atoms with Crippen LogP contribution in [0.3, 0.4) is 0 Å². The Morgan fingerprint density at radius 3 is 2.62 bits per heavy atom. The molecule has 0 radical (unpaired) electrons. The summed E-state index contributed by atoms with van der Waals surface area (Å²) in [6, 6.07) is 8.41. The maximum atomic E-state index is 5.58. The molecule has 1 heterocycles. The van der Waals surface area contributed by atoms with Crippen LogP contribution in [-0.2, 0) is 11.3 Å². The molecular weight excluding hydrogens is 162 g/mol. The fraction of sp³-hybridized carbons (Fsp3) is 0.455. The van der Waals surface area contributed by atoms with Crippen LogP contribution < -0.4 is 5.73 Å². The highest BCUT2D eigenvalue weighted by atomic mass is 16.5. The van der Waals surface area contributed by atoms with Crippen molar-refractivity contribution in [3.63, 3.8) is 0 Å². The predicted molar refractivity (Wildman–Crippen MR) is 52.3 cm³/mol. The average molecular weight is 177 g/mol. The summed E-state index contributed by atoms with van der Waals surface area (Å²) in [6.07, 6.45) is 2.66. The zero-order valence-electron chi connectivity index (χ0n) is 7.70. The topological polar surface area (TPSA) is 35.2 Å². The van der Waals surface area contributed by atoms with Gasteiger partial charge in [0.1, 0.15) is 0 Å². The molecule has 2 N–H and O–H groups in total. The number of hydrogen-bond donors (Lipinski definition) is 1. The molecule has 13 heavy (non-hydrogen) atoms. The molecule has 0 saturated carbocycles. The van der Waals surface area contributed by atoms with Gasteiger partial charge in [-0.25, -0.2) is 0 Å². The third-order valence-corrected chi connectivity index (χ3v) is 2.52. The standard InChI is InChI=1S/C11H15NO/c12-8-9-3-5-10(6-4-9)11-2-1-7-13-11/h3-6,11H,1-2,7-8,12H2/t11-/m1/s1. The van der Waals surface area contributed by atoms with Gasteiger partial charge in [-0.2, -0.15) is 0 Å². The summed E-state index contributed by atoms with van der Waals surface area (Å²) in [6.45, 7) is 1.52. The minimum Gasteiger partial charge on any atom is -0.374 e. The fourth-order valence-corrected chi connectivity index (χ4v) is 1.71. The van der Waals surface area contributed by atoms with Gasteiger partial charge < -0.3 is 10.5 Å². The van der Waals surface area contributed by atoms with E-state index in [0.717, 1.165) is 13.0 Å². The van der Waals surface area contributed by atoms with Crippen LogP contribution in [0.25, 0.3) is 0 Å². The molecule has 2 heteroatoms. The molecule has 1 aromatic rings. The summed E-state index contributed by atoms with van der Waals surface area (Å²) in [7, 11) is 0. The Hall–Kier alpha value is -0.860. The number of ether oxygens (including phenoxy) is 1. The number of nitrogens with two attached hydrogens (primary N) is 1. The van der Waals surface area contributed by atoms with E-state index in [-0.39, 0.29) is 0 Å². The normalized spacial score (nSPS) is 22.1. The van der Waals surface area contributed by atoms with Gasteiger partial charge in [0, 0.05) is 13.2 Å². The Bertz CT molecular complexity index is 262. The fourth-order valence-electron chi connectivity index (χ4n) is 1.71. The van der Waals surface area contributed by atoms with Crippen molar-refractivity contribution in [3.05, 3.63) is 35.4 Å². The second kappa shape index (κ2) is 3.90. The van der Waals surface area contributed by atoms with Crippen LogP contribution in [0, 0.1) is 0 Å². The van der Waals surface area contributed by atoms with Gasteiger partial charge in [-0.15, -0.1) is 0 Å². The lowest BCUT2D eigenvalue weighted by atomic mass is 10.1. The van der Waals surface area contributed by atoms with Gasteiger partial charge >= 0.3 is 0 Å². The second-order valence-electron chi connectivity index (χ2n) is 3.45. The predicted octanol–water partition coefficient (Wildman–Crippen LogP) is 2.00. The third kappa shape index (κ3) is 1.90. The SMILES string of the molecule is NCc1ccc([C@H]2CCCO2)cc1. The van der Waals surface area contributed by atoms with E-state index in [4.69, 9.17) is 10.5 Å². The molecule has 0 unspecified atom stereocenters. The maximum absolute atomic E-state index is 5.58. The quantitative estimate of drug-likeness (QED) is 0.749. The molecular formula is C11H15NO. The van der Waals surface area contributed by atoms with Gasteiger partial charge in [-0.1, -0.05) is 24.3 Å². The molecule has 1 aliphatic rings. The Balaban J connectivity index is 2.12. The molecule has 1 saturated heterocycles. The lowest BCUT2D eigenvalue weighted by Crippen LogP contribution is -1.98. The van der Waals surface area contributed by atoms with Crippen molar-refractivity contribution >= 4 is 0 Å². The number of benzene rings is 1.